The number of nitro benzene ring substituents is 1. The molecule has 0 atom stereocenters. The number of non-ortho nitro benzene ring substituents is 1. The molecule has 0 saturated heterocycles. The van der Waals surface area contributed by atoms with Crippen LogP contribution >= 0.6 is 11.6 Å². The molecular weight excluding hydrogens is 288 g/mol. The van der Waals surface area contributed by atoms with Gasteiger partial charge in [-0.2, -0.15) is 0 Å². The minimum atomic E-state index is -0.373. The average Bonchev–Trinajstić information content (AvgIpc) is 2.44. The summed E-state index contributed by atoms with van der Waals surface area (Å²) in [7, 11) is 0. The summed E-state index contributed by atoms with van der Waals surface area (Å²) in [6.45, 7) is 0. The molecule has 21 heavy (non-hydrogen) atoms. The fourth-order valence-corrected chi connectivity index (χ4v) is 2.81. The van der Waals surface area contributed by atoms with Crippen LogP contribution in [0.5, 0.6) is 0 Å². The van der Waals surface area contributed by atoms with Crippen molar-refractivity contribution in [3.05, 3.63) is 69.2 Å². The molecule has 2 aromatic carbocycles. The zero-order valence-corrected chi connectivity index (χ0v) is 12.1. The lowest BCUT2D eigenvalue weighted by Gasteiger charge is -2.36. The topological polar surface area (TPSA) is 55.2 Å². The van der Waals surface area contributed by atoms with Gasteiger partial charge in [-0.15, -0.1) is 0 Å². The fraction of sp³-hybridized carbons (Fsp3) is 0.250. The van der Waals surface area contributed by atoms with Crippen LogP contribution in [0.3, 0.4) is 0 Å². The Labute approximate surface area is 127 Å². The standard InChI is InChI=1S/C16H15ClN2O2/c17-13-6-4-11(5-7-13)12-8-15(9-12)18-14-2-1-3-16(10-14)19(20)21/h1-7,10,12,15,18H,8-9H2. The summed E-state index contributed by atoms with van der Waals surface area (Å²) in [6, 6.07) is 15.0. The van der Waals surface area contributed by atoms with Gasteiger partial charge >= 0.3 is 0 Å². The molecule has 4 nitrogen and oxygen atoms in total. The number of nitro groups is 1. The van der Waals surface area contributed by atoms with Crippen LogP contribution in [-0.4, -0.2) is 11.0 Å². The van der Waals surface area contributed by atoms with Gasteiger partial charge in [0.05, 0.1) is 4.92 Å². The van der Waals surface area contributed by atoms with E-state index in [1.165, 1.54) is 11.6 Å². The van der Waals surface area contributed by atoms with Crippen molar-refractivity contribution in [1.82, 2.24) is 0 Å². The Morgan fingerprint density at radius 2 is 1.86 bits per heavy atom. The third-order valence-electron chi connectivity index (χ3n) is 3.91. The van der Waals surface area contributed by atoms with Crippen molar-refractivity contribution >= 4 is 23.0 Å². The van der Waals surface area contributed by atoms with Crippen LogP contribution in [0.2, 0.25) is 5.02 Å². The molecule has 1 saturated carbocycles. The van der Waals surface area contributed by atoms with Gasteiger partial charge in [0.1, 0.15) is 0 Å². The summed E-state index contributed by atoms with van der Waals surface area (Å²) < 4.78 is 0. The lowest BCUT2D eigenvalue weighted by Crippen LogP contribution is -2.33. The first-order valence-electron chi connectivity index (χ1n) is 6.88. The third-order valence-corrected chi connectivity index (χ3v) is 4.16. The quantitative estimate of drug-likeness (QED) is 0.663. The predicted octanol–water partition coefficient (Wildman–Crippen LogP) is 4.61. The molecule has 0 heterocycles. The van der Waals surface area contributed by atoms with Crippen LogP contribution in [0, 0.1) is 10.1 Å². The Balaban J connectivity index is 1.58. The van der Waals surface area contributed by atoms with E-state index in [1.54, 1.807) is 12.1 Å². The minimum Gasteiger partial charge on any atom is -0.382 e. The van der Waals surface area contributed by atoms with Gasteiger partial charge in [-0.3, -0.25) is 10.1 Å². The molecule has 1 aliphatic rings. The molecule has 1 fully saturated rings. The second-order valence-corrected chi connectivity index (χ2v) is 5.81. The van der Waals surface area contributed by atoms with Crippen molar-refractivity contribution in [2.45, 2.75) is 24.8 Å². The maximum atomic E-state index is 10.8. The Morgan fingerprint density at radius 1 is 1.14 bits per heavy atom. The van der Waals surface area contributed by atoms with E-state index in [1.807, 2.05) is 18.2 Å². The molecule has 1 aliphatic carbocycles. The molecule has 0 aromatic heterocycles. The average molecular weight is 303 g/mol. The summed E-state index contributed by atoms with van der Waals surface area (Å²) in [4.78, 5) is 10.4. The van der Waals surface area contributed by atoms with Crippen LogP contribution < -0.4 is 5.32 Å². The molecule has 0 amide bonds. The molecule has 0 spiro atoms. The van der Waals surface area contributed by atoms with Gasteiger partial charge < -0.3 is 5.32 Å². The second kappa shape index (κ2) is 5.74. The van der Waals surface area contributed by atoms with E-state index in [4.69, 9.17) is 11.6 Å². The van der Waals surface area contributed by atoms with Crippen LogP contribution in [0.15, 0.2) is 48.5 Å². The zero-order chi connectivity index (χ0) is 14.8. The number of anilines is 1. The lowest BCUT2D eigenvalue weighted by molar-refractivity contribution is -0.384. The number of nitrogens with zero attached hydrogens (tertiary/aromatic N) is 1. The SMILES string of the molecule is O=[N+]([O-])c1cccc(NC2CC(c3ccc(Cl)cc3)C2)c1. The highest BCUT2D eigenvalue weighted by Crippen LogP contribution is 2.39. The Hall–Kier alpha value is -2.07. The van der Waals surface area contributed by atoms with Crippen LogP contribution in [-0.2, 0) is 0 Å². The van der Waals surface area contributed by atoms with Crippen molar-refractivity contribution in [2.75, 3.05) is 5.32 Å². The second-order valence-electron chi connectivity index (χ2n) is 5.37. The summed E-state index contributed by atoms with van der Waals surface area (Å²) >= 11 is 5.89. The van der Waals surface area contributed by atoms with E-state index < -0.39 is 0 Å². The van der Waals surface area contributed by atoms with Crippen molar-refractivity contribution in [1.29, 1.82) is 0 Å². The minimum absolute atomic E-state index is 0.119. The molecule has 0 unspecified atom stereocenters. The first kappa shape index (κ1) is 13.9. The van der Waals surface area contributed by atoms with E-state index in [-0.39, 0.29) is 10.6 Å². The van der Waals surface area contributed by atoms with Gasteiger partial charge in [-0.05, 0) is 42.5 Å². The zero-order valence-electron chi connectivity index (χ0n) is 11.3. The van der Waals surface area contributed by atoms with Crippen molar-refractivity contribution in [3.8, 4) is 0 Å². The van der Waals surface area contributed by atoms with Crippen LogP contribution in [0.4, 0.5) is 11.4 Å². The Morgan fingerprint density at radius 3 is 2.52 bits per heavy atom. The number of nitrogens with one attached hydrogen (secondary N) is 1. The molecule has 0 aliphatic heterocycles. The normalized spacial score (nSPS) is 20.6. The van der Waals surface area contributed by atoms with Gasteiger partial charge in [0.2, 0.25) is 0 Å². The number of halogens is 1. The van der Waals surface area contributed by atoms with E-state index >= 15 is 0 Å². The molecule has 108 valence electrons. The third kappa shape index (κ3) is 3.16. The van der Waals surface area contributed by atoms with E-state index in [0.29, 0.717) is 12.0 Å². The highest BCUT2D eigenvalue weighted by Gasteiger charge is 2.30. The summed E-state index contributed by atoms with van der Waals surface area (Å²) in [5, 5.41) is 14.9. The highest BCUT2D eigenvalue weighted by atomic mass is 35.5. The lowest BCUT2D eigenvalue weighted by atomic mass is 9.76. The Bertz CT molecular complexity index is 652. The van der Waals surface area contributed by atoms with Gasteiger partial charge in [0, 0.05) is 28.9 Å². The smallest absolute Gasteiger partial charge is 0.271 e. The van der Waals surface area contributed by atoms with Gasteiger partial charge in [0.25, 0.3) is 5.69 Å². The van der Waals surface area contributed by atoms with Crippen molar-refractivity contribution in [2.24, 2.45) is 0 Å². The Kier molecular flexibility index (Phi) is 3.80. The maximum absolute atomic E-state index is 10.8. The summed E-state index contributed by atoms with van der Waals surface area (Å²) in [5.74, 6) is 0.540. The maximum Gasteiger partial charge on any atom is 0.271 e. The van der Waals surface area contributed by atoms with E-state index in [0.717, 1.165) is 23.6 Å². The van der Waals surface area contributed by atoms with Gasteiger partial charge in [-0.1, -0.05) is 29.8 Å². The van der Waals surface area contributed by atoms with Crippen LogP contribution in [0.25, 0.3) is 0 Å². The monoisotopic (exact) mass is 302 g/mol. The highest BCUT2D eigenvalue weighted by molar-refractivity contribution is 6.30. The summed E-state index contributed by atoms with van der Waals surface area (Å²) in [5.41, 5.74) is 2.23. The number of benzene rings is 2. The molecule has 0 radical (unpaired) electrons. The van der Waals surface area contributed by atoms with Gasteiger partial charge in [-0.25, -0.2) is 0 Å². The first-order chi connectivity index (χ1) is 10.1. The molecule has 2 aromatic rings. The molecule has 3 rings (SSSR count). The van der Waals surface area contributed by atoms with E-state index in [2.05, 4.69) is 17.4 Å². The van der Waals surface area contributed by atoms with Gasteiger partial charge in [0.15, 0.2) is 0 Å². The molecule has 1 N–H and O–H groups in total. The molecular formula is C16H15ClN2O2. The van der Waals surface area contributed by atoms with Crippen molar-refractivity contribution < 1.29 is 4.92 Å². The largest absolute Gasteiger partial charge is 0.382 e. The number of rotatable bonds is 4. The molecule has 5 heteroatoms. The predicted molar refractivity (Wildman–Crippen MR) is 83.9 cm³/mol. The fourth-order valence-electron chi connectivity index (χ4n) is 2.69. The molecule has 0 bridgehead atoms. The van der Waals surface area contributed by atoms with E-state index in [9.17, 15) is 10.1 Å². The number of hydrogen-bond acceptors (Lipinski definition) is 3. The first-order valence-corrected chi connectivity index (χ1v) is 7.26. The van der Waals surface area contributed by atoms with Crippen LogP contribution in [0.1, 0.15) is 24.3 Å². The summed E-state index contributed by atoms with van der Waals surface area (Å²) in [6.07, 6.45) is 2.06. The number of hydrogen-bond donors (Lipinski definition) is 1. The van der Waals surface area contributed by atoms with Crippen molar-refractivity contribution in [3.63, 3.8) is 0 Å².